The molecule has 2 aliphatic rings. The van der Waals surface area contributed by atoms with Crippen molar-refractivity contribution in [3.05, 3.63) is 59.1 Å². The van der Waals surface area contributed by atoms with Crippen LogP contribution in [0.1, 0.15) is 28.8 Å². The molecule has 1 fully saturated rings. The number of hydrogen-bond donors (Lipinski definition) is 5. The number of thioether (sulfide) groups is 1. The van der Waals surface area contributed by atoms with E-state index in [-0.39, 0.29) is 41.2 Å². The van der Waals surface area contributed by atoms with Crippen molar-refractivity contribution in [3.63, 3.8) is 0 Å². The number of aromatic amines is 1. The smallest absolute Gasteiger partial charge is 0.352 e. The summed E-state index contributed by atoms with van der Waals surface area (Å²) in [4.78, 5) is 63.6. The van der Waals surface area contributed by atoms with Gasteiger partial charge in [0.05, 0.1) is 0 Å². The number of nitrogens with two attached hydrogens (primary N) is 1. The molecule has 3 amide bonds. The number of nitriles is 1. The van der Waals surface area contributed by atoms with Crippen LogP contribution in [0.25, 0.3) is 11.1 Å². The summed E-state index contributed by atoms with van der Waals surface area (Å²) in [5.74, 6) is -2.88. The van der Waals surface area contributed by atoms with Crippen LogP contribution < -0.4 is 20.9 Å². The number of rotatable bonds is 10. The molecule has 0 radical (unpaired) electrons. The first-order valence-electron chi connectivity index (χ1n) is 13.0. The van der Waals surface area contributed by atoms with Gasteiger partial charge in [-0.05, 0) is 25.0 Å². The standard InChI is InChI=1S/C26H24N10O6S2/c1-3-42-33-17(20-32-26(28)44-34-20)22(38)31-18-23(39)36-19(25(40)41)14(10-43-24(18)36)9-35-6-4-13(5-7-35)15-8-29-16(12(15)2)21(37)30-11-27/h4-8,18,24H,3,9-10H2,1-2H3,(H5,28,30,31,32,34,37,38,40,41)/p+1. The summed E-state index contributed by atoms with van der Waals surface area (Å²) in [6.07, 6.45) is 6.81. The van der Waals surface area contributed by atoms with Gasteiger partial charge >= 0.3 is 5.97 Å². The van der Waals surface area contributed by atoms with E-state index in [9.17, 15) is 24.3 Å². The number of anilines is 1. The topological polar surface area (TPSA) is 233 Å². The molecule has 2 aliphatic heterocycles. The van der Waals surface area contributed by atoms with Crippen molar-refractivity contribution in [2.24, 2.45) is 5.16 Å². The van der Waals surface area contributed by atoms with Gasteiger partial charge in [-0.3, -0.25) is 24.6 Å². The second kappa shape index (κ2) is 12.5. The number of H-pyrrole nitrogens is 1. The lowest BCUT2D eigenvalue weighted by molar-refractivity contribution is -0.689. The number of carbonyl (C=O) groups excluding carboxylic acids is 3. The van der Waals surface area contributed by atoms with Crippen LogP contribution >= 0.6 is 23.3 Å². The third kappa shape index (κ3) is 5.69. The fraction of sp³-hybridized carbons (Fsp3) is 0.269. The summed E-state index contributed by atoms with van der Waals surface area (Å²) in [6.45, 7) is 3.82. The molecule has 5 rings (SSSR count). The number of nitrogens with one attached hydrogen (secondary N) is 3. The van der Waals surface area contributed by atoms with Crippen LogP contribution in [-0.2, 0) is 25.8 Å². The Morgan fingerprint density at radius 2 is 2.11 bits per heavy atom. The molecule has 16 nitrogen and oxygen atoms in total. The first-order chi connectivity index (χ1) is 21.1. The number of hydrogen-bond acceptors (Lipinski definition) is 12. The molecule has 0 saturated carbocycles. The highest BCUT2D eigenvalue weighted by atomic mass is 32.2. The van der Waals surface area contributed by atoms with Crippen LogP contribution in [0, 0.1) is 18.4 Å². The van der Waals surface area contributed by atoms with Gasteiger partial charge in [-0.1, -0.05) is 5.16 Å². The van der Waals surface area contributed by atoms with Gasteiger partial charge in [-0.25, -0.2) is 9.36 Å². The highest BCUT2D eigenvalue weighted by Gasteiger charge is 2.55. The maximum absolute atomic E-state index is 13.2. The number of aliphatic carboxylic acids is 1. The molecular weight excluding hydrogens is 612 g/mol. The fourth-order valence-electron chi connectivity index (χ4n) is 4.77. The summed E-state index contributed by atoms with van der Waals surface area (Å²) in [7, 11) is 0. The van der Waals surface area contributed by atoms with Gasteiger partial charge in [0.1, 0.15) is 29.4 Å². The highest BCUT2D eigenvalue weighted by molar-refractivity contribution is 8.00. The average Bonchev–Trinajstić information content (AvgIpc) is 3.61. The van der Waals surface area contributed by atoms with Crippen LogP contribution in [-0.4, -0.2) is 77.5 Å². The lowest BCUT2D eigenvalue weighted by Crippen LogP contribution is -2.71. The van der Waals surface area contributed by atoms with Gasteiger partial charge in [0.25, 0.3) is 17.7 Å². The molecule has 18 heteroatoms. The van der Waals surface area contributed by atoms with Crippen LogP contribution in [0.3, 0.4) is 0 Å². The fourth-order valence-corrected chi connectivity index (χ4v) is 6.54. The molecule has 0 bridgehead atoms. The molecule has 226 valence electrons. The molecular formula is C26H25N10O6S2+. The summed E-state index contributed by atoms with van der Waals surface area (Å²) in [5, 5.41) is 26.7. The first kappa shape index (κ1) is 30.2. The number of amides is 3. The Hall–Kier alpha value is -5.28. The number of fused-ring (bicyclic) bond motifs is 1. The molecule has 44 heavy (non-hydrogen) atoms. The van der Waals surface area contributed by atoms with E-state index in [0.717, 1.165) is 22.7 Å². The average molecular weight is 638 g/mol. The summed E-state index contributed by atoms with van der Waals surface area (Å²) in [6, 6.07) is 2.63. The monoisotopic (exact) mass is 637 g/mol. The summed E-state index contributed by atoms with van der Waals surface area (Å²) >= 11 is 2.20. The Labute approximate surface area is 257 Å². The predicted octanol–water partition coefficient (Wildman–Crippen LogP) is 0.102. The summed E-state index contributed by atoms with van der Waals surface area (Å²) < 4.78 is 5.76. The first-order valence-corrected chi connectivity index (χ1v) is 14.8. The van der Waals surface area contributed by atoms with E-state index in [1.165, 1.54) is 16.7 Å². The molecule has 0 aliphatic carbocycles. The van der Waals surface area contributed by atoms with Crippen LogP contribution in [0.5, 0.6) is 0 Å². The number of nitrogens with zero attached hydrogens (tertiary/aromatic N) is 6. The number of aromatic nitrogens is 4. The van der Waals surface area contributed by atoms with E-state index in [2.05, 4.69) is 30.1 Å². The molecule has 2 atom stereocenters. The number of nitrogen functional groups attached to an aromatic ring is 1. The minimum absolute atomic E-state index is 0.0496. The Bertz CT molecular complexity index is 1760. The van der Waals surface area contributed by atoms with Crippen molar-refractivity contribution < 1.29 is 33.7 Å². The quantitative estimate of drug-likeness (QED) is 0.0499. The van der Waals surface area contributed by atoms with Gasteiger partial charge in [0.15, 0.2) is 30.3 Å². The number of carbonyl (C=O) groups is 4. The number of oxime groups is 1. The van der Waals surface area contributed by atoms with Crippen LogP contribution in [0.2, 0.25) is 0 Å². The van der Waals surface area contributed by atoms with E-state index in [0.29, 0.717) is 16.9 Å². The van der Waals surface area contributed by atoms with E-state index in [1.807, 2.05) is 12.1 Å². The normalized spacial score (nSPS) is 17.8. The van der Waals surface area contributed by atoms with E-state index >= 15 is 0 Å². The van der Waals surface area contributed by atoms with Crippen molar-refractivity contribution in [2.75, 3.05) is 18.1 Å². The zero-order valence-electron chi connectivity index (χ0n) is 23.2. The Balaban J connectivity index is 1.31. The zero-order valence-corrected chi connectivity index (χ0v) is 24.9. The molecule has 1 saturated heterocycles. The Kier molecular flexibility index (Phi) is 8.59. The molecule has 0 spiro atoms. The van der Waals surface area contributed by atoms with Crippen molar-refractivity contribution in [1.29, 1.82) is 5.26 Å². The highest BCUT2D eigenvalue weighted by Crippen LogP contribution is 2.40. The number of pyridine rings is 1. The van der Waals surface area contributed by atoms with Crippen molar-refractivity contribution in [3.8, 4) is 17.3 Å². The number of carboxylic acid groups (broad SMARTS) is 1. The second-order valence-electron chi connectivity index (χ2n) is 9.46. The SMILES string of the molecule is CCON=C(C(=O)NC1C(=O)N2C(C(=O)O)=C(C[n+]3ccc(-c4c[nH]c(C(=O)NC#N)c4C)cc3)CSC12)c1nsc(N)n1. The summed E-state index contributed by atoms with van der Waals surface area (Å²) in [5.41, 5.74) is 8.28. The molecule has 3 aromatic rings. The van der Waals surface area contributed by atoms with Gasteiger partial charge < -0.3 is 26.0 Å². The lowest BCUT2D eigenvalue weighted by atomic mass is 10.0. The van der Waals surface area contributed by atoms with Gasteiger partial charge in [-0.15, -0.1) is 11.8 Å². The van der Waals surface area contributed by atoms with Crippen LogP contribution in [0.15, 0.2) is 47.1 Å². The van der Waals surface area contributed by atoms with Gasteiger partial charge in [0, 0.05) is 46.8 Å². The largest absolute Gasteiger partial charge is 0.477 e. The maximum Gasteiger partial charge on any atom is 0.352 e. The molecule has 3 aromatic heterocycles. The number of carboxylic acids is 1. The van der Waals surface area contributed by atoms with E-state index < -0.39 is 35.1 Å². The second-order valence-corrected chi connectivity index (χ2v) is 11.3. The van der Waals surface area contributed by atoms with Crippen molar-refractivity contribution in [2.45, 2.75) is 31.8 Å². The van der Waals surface area contributed by atoms with E-state index in [4.69, 9.17) is 15.8 Å². The minimum atomic E-state index is -1.26. The number of β-lactam (4-membered cyclic amide) rings is 1. The van der Waals surface area contributed by atoms with E-state index in [1.54, 1.807) is 43.2 Å². The zero-order chi connectivity index (χ0) is 31.5. The van der Waals surface area contributed by atoms with Crippen molar-refractivity contribution >= 4 is 57.8 Å². The maximum atomic E-state index is 13.2. The molecule has 5 heterocycles. The van der Waals surface area contributed by atoms with Crippen molar-refractivity contribution in [1.82, 2.24) is 29.9 Å². The molecule has 0 aromatic carbocycles. The Morgan fingerprint density at radius 3 is 2.75 bits per heavy atom. The predicted molar refractivity (Wildman–Crippen MR) is 156 cm³/mol. The molecule has 6 N–H and O–H groups in total. The lowest BCUT2D eigenvalue weighted by Gasteiger charge is -2.49. The minimum Gasteiger partial charge on any atom is -0.477 e. The third-order valence-electron chi connectivity index (χ3n) is 6.80. The van der Waals surface area contributed by atoms with Gasteiger partial charge in [0.2, 0.25) is 11.5 Å². The molecule has 2 unspecified atom stereocenters. The third-order valence-corrected chi connectivity index (χ3v) is 8.68. The van der Waals surface area contributed by atoms with Gasteiger partial charge in [-0.2, -0.15) is 14.6 Å². The Morgan fingerprint density at radius 1 is 1.36 bits per heavy atom. The van der Waals surface area contributed by atoms with Crippen LogP contribution in [0.4, 0.5) is 5.13 Å².